The Kier molecular flexibility index (Phi) is 6.75. The lowest BCUT2D eigenvalue weighted by atomic mass is 10.2. The second-order valence-corrected chi connectivity index (χ2v) is 6.85. The van der Waals surface area contributed by atoms with E-state index in [1.165, 1.54) is 17.6 Å². The number of carbonyl (C=O) groups excluding carboxylic acids is 2. The molecule has 0 aliphatic carbocycles. The zero-order valence-corrected chi connectivity index (χ0v) is 16.2. The summed E-state index contributed by atoms with van der Waals surface area (Å²) >= 11 is 1.43. The third kappa shape index (κ3) is 4.95. The fraction of sp³-hybridized carbons (Fsp3) is 0.190. The van der Waals surface area contributed by atoms with E-state index in [1.807, 2.05) is 35.7 Å². The van der Waals surface area contributed by atoms with Crippen molar-refractivity contribution in [1.29, 1.82) is 0 Å². The van der Waals surface area contributed by atoms with Crippen molar-refractivity contribution in [3.8, 4) is 11.3 Å². The predicted octanol–water partition coefficient (Wildman–Crippen LogP) is 4.13. The van der Waals surface area contributed by atoms with E-state index < -0.39 is 0 Å². The minimum absolute atomic E-state index is 0.0545. The van der Waals surface area contributed by atoms with E-state index >= 15 is 0 Å². The topological polar surface area (TPSA) is 75.4 Å². The summed E-state index contributed by atoms with van der Waals surface area (Å²) in [5, 5.41) is 5.32. The van der Waals surface area contributed by atoms with Crippen LogP contribution in [0.3, 0.4) is 0 Å². The van der Waals surface area contributed by atoms with Gasteiger partial charge in [-0.05, 0) is 18.6 Å². The van der Waals surface area contributed by atoms with Gasteiger partial charge in [0.1, 0.15) is 0 Å². The van der Waals surface area contributed by atoms with Gasteiger partial charge in [-0.2, -0.15) is 0 Å². The molecule has 0 aliphatic rings. The number of furan rings is 1. The summed E-state index contributed by atoms with van der Waals surface area (Å²) in [5.41, 5.74) is 1.85. The molecular formula is C21H21N3O3S. The summed E-state index contributed by atoms with van der Waals surface area (Å²) in [6.45, 7) is 4.51. The van der Waals surface area contributed by atoms with E-state index in [2.05, 4.69) is 16.9 Å². The molecule has 0 aliphatic heterocycles. The zero-order chi connectivity index (χ0) is 19.8. The van der Waals surface area contributed by atoms with Crippen LogP contribution < -0.4 is 10.2 Å². The Labute approximate surface area is 167 Å². The Morgan fingerprint density at radius 3 is 2.75 bits per heavy atom. The van der Waals surface area contributed by atoms with E-state index in [0.29, 0.717) is 31.1 Å². The van der Waals surface area contributed by atoms with Crippen LogP contribution >= 0.6 is 11.3 Å². The summed E-state index contributed by atoms with van der Waals surface area (Å²) in [6, 6.07) is 13.1. The average molecular weight is 395 g/mol. The Hall–Kier alpha value is -3.19. The molecule has 0 unspecified atom stereocenters. The molecule has 144 valence electrons. The zero-order valence-electron chi connectivity index (χ0n) is 15.3. The number of hydrogen-bond donors (Lipinski definition) is 1. The van der Waals surface area contributed by atoms with Gasteiger partial charge in [-0.1, -0.05) is 36.4 Å². The fourth-order valence-corrected chi connectivity index (χ4v) is 3.48. The number of hydrogen-bond acceptors (Lipinski definition) is 5. The first-order valence-electron chi connectivity index (χ1n) is 8.93. The minimum atomic E-state index is -0.284. The van der Waals surface area contributed by atoms with Crippen LogP contribution in [0, 0.1) is 0 Å². The highest BCUT2D eigenvalue weighted by Crippen LogP contribution is 2.27. The number of rotatable bonds is 9. The highest BCUT2D eigenvalue weighted by atomic mass is 32.1. The van der Waals surface area contributed by atoms with Crippen LogP contribution in [-0.4, -0.2) is 29.9 Å². The molecule has 3 aromatic rings. The standard InChI is InChI=1S/C21H21N3O3S/c1-2-13-24(21-23-17(15-28-21)16-8-4-3-5-9-16)19(25)11-6-12-22-20(26)18-10-7-14-27-18/h2-5,7-10,14-15H,1,6,11-13H2,(H,22,26). The molecule has 0 saturated carbocycles. The number of anilines is 1. The molecule has 0 atom stereocenters. The molecule has 0 saturated heterocycles. The van der Waals surface area contributed by atoms with Gasteiger partial charge in [0.2, 0.25) is 5.91 Å². The fourth-order valence-electron chi connectivity index (χ4n) is 2.62. The van der Waals surface area contributed by atoms with Gasteiger partial charge in [-0.25, -0.2) is 4.98 Å². The van der Waals surface area contributed by atoms with E-state index in [1.54, 1.807) is 23.1 Å². The molecule has 7 heteroatoms. The van der Waals surface area contributed by atoms with Crippen LogP contribution in [0.4, 0.5) is 5.13 Å². The molecule has 2 heterocycles. The summed E-state index contributed by atoms with van der Waals surface area (Å²) in [4.78, 5) is 30.7. The van der Waals surface area contributed by atoms with E-state index in [9.17, 15) is 9.59 Å². The second kappa shape index (κ2) is 9.66. The van der Waals surface area contributed by atoms with Crippen LogP contribution in [0.15, 0.2) is 71.2 Å². The van der Waals surface area contributed by atoms with Gasteiger partial charge in [-0.3, -0.25) is 14.5 Å². The van der Waals surface area contributed by atoms with Gasteiger partial charge in [-0.15, -0.1) is 17.9 Å². The summed E-state index contributed by atoms with van der Waals surface area (Å²) in [6.07, 6.45) is 3.95. The monoisotopic (exact) mass is 395 g/mol. The minimum Gasteiger partial charge on any atom is -0.459 e. The van der Waals surface area contributed by atoms with Crippen LogP contribution in [0.5, 0.6) is 0 Å². The number of thiazole rings is 1. The maximum atomic E-state index is 12.7. The Morgan fingerprint density at radius 1 is 1.21 bits per heavy atom. The van der Waals surface area contributed by atoms with Crippen molar-refractivity contribution in [2.45, 2.75) is 12.8 Å². The first-order chi connectivity index (χ1) is 13.7. The molecule has 1 N–H and O–H groups in total. The first-order valence-corrected chi connectivity index (χ1v) is 9.81. The molecule has 6 nitrogen and oxygen atoms in total. The average Bonchev–Trinajstić information content (AvgIpc) is 3.42. The van der Waals surface area contributed by atoms with E-state index in [0.717, 1.165) is 11.3 Å². The number of carbonyl (C=O) groups is 2. The van der Waals surface area contributed by atoms with Gasteiger partial charge < -0.3 is 9.73 Å². The van der Waals surface area contributed by atoms with Gasteiger partial charge in [0, 0.05) is 30.5 Å². The molecule has 1 aromatic carbocycles. The molecule has 28 heavy (non-hydrogen) atoms. The summed E-state index contributed by atoms with van der Waals surface area (Å²) < 4.78 is 5.04. The number of amides is 2. The van der Waals surface area contributed by atoms with E-state index in [-0.39, 0.29) is 17.6 Å². The molecule has 0 spiro atoms. The molecule has 0 fully saturated rings. The van der Waals surface area contributed by atoms with Crippen molar-refractivity contribution in [3.05, 3.63) is 72.5 Å². The van der Waals surface area contributed by atoms with Crippen LogP contribution in [0.2, 0.25) is 0 Å². The number of benzene rings is 1. The maximum Gasteiger partial charge on any atom is 0.286 e. The molecule has 0 bridgehead atoms. The van der Waals surface area contributed by atoms with Crippen LogP contribution in [0.25, 0.3) is 11.3 Å². The third-order valence-electron chi connectivity index (χ3n) is 4.00. The highest BCUT2D eigenvalue weighted by molar-refractivity contribution is 7.14. The SMILES string of the molecule is C=CCN(C(=O)CCCNC(=O)c1ccco1)c1nc(-c2ccccc2)cs1. The number of nitrogens with zero attached hydrogens (tertiary/aromatic N) is 2. The Morgan fingerprint density at radius 2 is 2.04 bits per heavy atom. The highest BCUT2D eigenvalue weighted by Gasteiger charge is 2.18. The second-order valence-electron chi connectivity index (χ2n) is 6.01. The van der Waals surface area contributed by atoms with Crippen molar-refractivity contribution >= 4 is 28.3 Å². The first kappa shape index (κ1) is 19.6. The van der Waals surface area contributed by atoms with Crippen LogP contribution in [0.1, 0.15) is 23.4 Å². The molecule has 2 amide bonds. The molecular weight excluding hydrogens is 374 g/mol. The Balaban J connectivity index is 1.56. The van der Waals surface area contributed by atoms with Crippen LogP contribution in [-0.2, 0) is 4.79 Å². The van der Waals surface area contributed by atoms with Crippen molar-refractivity contribution < 1.29 is 14.0 Å². The van der Waals surface area contributed by atoms with Gasteiger partial charge in [0.25, 0.3) is 5.91 Å². The smallest absolute Gasteiger partial charge is 0.286 e. The van der Waals surface area contributed by atoms with Crippen molar-refractivity contribution in [2.75, 3.05) is 18.0 Å². The van der Waals surface area contributed by atoms with Crippen molar-refractivity contribution in [1.82, 2.24) is 10.3 Å². The number of nitrogens with one attached hydrogen (secondary N) is 1. The normalized spacial score (nSPS) is 10.4. The predicted molar refractivity (Wildman–Crippen MR) is 110 cm³/mol. The molecule has 0 radical (unpaired) electrons. The summed E-state index contributed by atoms with van der Waals surface area (Å²) in [5.74, 6) is -0.0789. The molecule has 3 rings (SSSR count). The van der Waals surface area contributed by atoms with Crippen molar-refractivity contribution in [3.63, 3.8) is 0 Å². The summed E-state index contributed by atoms with van der Waals surface area (Å²) in [7, 11) is 0. The number of aromatic nitrogens is 1. The van der Waals surface area contributed by atoms with Gasteiger partial charge >= 0.3 is 0 Å². The lowest BCUT2D eigenvalue weighted by Crippen LogP contribution is -2.32. The Bertz CT molecular complexity index is 920. The van der Waals surface area contributed by atoms with Gasteiger partial charge in [0.15, 0.2) is 10.9 Å². The molecule has 2 aromatic heterocycles. The largest absolute Gasteiger partial charge is 0.459 e. The van der Waals surface area contributed by atoms with Crippen molar-refractivity contribution in [2.24, 2.45) is 0 Å². The van der Waals surface area contributed by atoms with E-state index in [4.69, 9.17) is 4.42 Å². The van der Waals surface area contributed by atoms with Gasteiger partial charge in [0.05, 0.1) is 12.0 Å². The third-order valence-corrected chi connectivity index (χ3v) is 4.87. The lowest BCUT2D eigenvalue weighted by molar-refractivity contribution is -0.118. The lowest BCUT2D eigenvalue weighted by Gasteiger charge is -2.18. The maximum absolute atomic E-state index is 12.7. The quantitative estimate of drug-likeness (QED) is 0.437.